The lowest BCUT2D eigenvalue weighted by Crippen LogP contribution is -1.93. The second kappa shape index (κ2) is 5.33. The molecule has 2 N–H and O–H groups in total. The van der Waals surface area contributed by atoms with E-state index < -0.39 is 0 Å². The van der Waals surface area contributed by atoms with E-state index >= 15 is 0 Å². The van der Waals surface area contributed by atoms with Gasteiger partial charge in [-0.3, -0.25) is 4.98 Å². The summed E-state index contributed by atoms with van der Waals surface area (Å²) in [4.78, 5) is 12.0. The molecule has 0 aliphatic heterocycles. The number of H-pyrrole nitrogens is 1. The van der Waals surface area contributed by atoms with Gasteiger partial charge in [-0.25, -0.2) is 4.98 Å². The van der Waals surface area contributed by atoms with Crippen molar-refractivity contribution >= 4 is 22.4 Å². The molecule has 1 aromatic carbocycles. The first-order valence-corrected chi connectivity index (χ1v) is 7.10. The summed E-state index contributed by atoms with van der Waals surface area (Å²) in [6.07, 6.45) is 5.33. The minimum atomic E-state index is 0.823. The van der Waals surface area contributed by atoms with Gasteiger partial charge < -0.3 is 10.3 Å². The maximum Gasteiger partial charge on any atom is 0.139 e. The molecule has 106 valence electrons. The molecule has 0 fully saturated rings. The minimum Gasteiger partial charge on any atom is -0.354 e. The highest BCUT2D eigenvalue weighted by Gasteiger charge is 2.08. The SMILES string of the molecule is c1ccc(-c2cc3c(Nc4cccnc4)nccc3[nH]2)cc1. The highest BCUT2D eigenvalue weighted by molar-refractivity contribution is 5.95. The maximum atomic E-state index is 4.45. The topological polar surface area (TPSA) is 53.6 Å². The van der Waals surface area contributed by atoms with Crippen molar-refractivity contribution in [3.8, 4) is 11.3 Å². The predicted octanol–water partition coefficient (Wildman–Crippen LogP) is 4.37. The molecule has 0 atom stereocenters. The van der Waals surface area contributed by atoms with Crippen LogP contribution in [0.5, 0.6) is 0 Å². The molecule has 0 bridgehead atoms. The van der Waals surface area contributed by atoms with E-state index in [4.69, 9.17) is 0 Å². The number of hydrogen-bond acceptors (Lipinski definition) is 3. The van der Waals surface area contributed by atoms with Crippen LogP contribution >= 0.6 is 0 Å². The molecule has 0 saturated heterocycles. The molecular weight excluding hydrogens is 272 g/mol. The highest BCUT2D eigenvalue weighted by Crippen LogP contribution is 2.29. The molecule has 3 heterocycles. The Kier molecular flexibility index (Phi) is 3.05. The zero-order chi connectivity index (χ0) is 14.8. The van der Waals surface area contributed by atoms with Gasteiger partial charge in [0.15, 0.2) is 0 Å². The van der Waals surface area contributed by atoms with Crippen molar-refractivity contribution < 1.29 is 0 Å². The van der Waals surface area contributed by atoms with Crippen molar-refractivity contribution in [2.45, 2.75) is 0 Å². The number of nitrogens with zero attached hydrogens (tertiary/aromatic N) is 2. The number of anilines is 2. The summed E-state index contributed by atoms with van der Waals surface area (Å²) in [7, 11) is 0. The van der Waals surface area contributed by atoms with Crippen LogP contribution in [0.3, 0.4) is 0 Å². The zero-order valence-corrected chi connectivity index (χ0v) is 11.8. The molecule has 0 radical (unpaired) electrons. The quantitative estimate of drug-likeness (QED) is 0.588. The standard InChI is InChI=1S/C18H14N4/c1-2-5-13(6-3-1)17-11-15-16(22-17)8-10-20-18(15)21-14-7-4-9-19-12-14/h1-12,22H,(H,20,21). The number of hydrogen-bond donors (Lipinski definition) is 2. The lowest BCUT2D eigenvalue weighted by atomic mass is 10.1. The molecule has 0 aliphatic rings. The third-order valence-electron chi connectivity index (χ3n) is 3.56. The molecule has 0 amide bonds. The molecule has 0 aliphatic carbocycles. The largest absolute Gasteiger partial charge is 0.354 e. The fraction of sp³-hybridized carbons (Fsp3) is 0. The van der Waals surface area contributed by atoms with E-state index in [1.165, 1.54) is 0 Å². The Morgan fingerprint density at radius 3 is 2.64 bits per heavy atom. The van der Waals surface area contributed by atoms with Crippen molar-refractivity contribution in [3.05, 3.63) is 73.2 Å². The van der Waals surface area contributed by atoms with Crippen molar-refractivity contribution in [3.63, 3.8) is 0 Å². The van der Waals surface area contributed by atoms with Crippen LogP contribution in [0.15, 0.2) is 73.2 Å². The van der Waals surface area contributed by atoms with Gasteiger partial charge >= 0.3 is 0 Å². The van der Waals surface area contributed by atoms with Crippen LogP contribution in [0.2, 0.25) is 0 Å². The van der Waals surface area contributed by atoms with E-state index in [-0.39, 0.29) is 0 Å². The summed E-state index contributed by atoms with van der Waals surface area (Å²) in [6, 6.07) is 18.2. The molecule has 3 aromatic heterocycles. The first kappa shape index (κ1) is 12.6. The monoisotopic (exact) mass is 286 g/mol. The first-order valence-electron chi connectivity index (χ1n) is 7.10. The summed E-state index contributed by atoms with van der Waals surface area (Å²) >= 11 is 0. The summed E-state index contributed by atoms with van der Waals surface area (Å²) in [5, 5.41) is 4.38. The Balaban J connectivity index is 1.78. The average molecular weight is 286 g/mol. The van der Waals surface area contributed by atoms with Crippen molar-refractivity contribution in [2.75, 3.05) is 5.32 Å². The number of aromatic amines is 1. The van der Waals surface area contributed by atoms with Gasteiger partial charge in [-0.2, -0.15) is 0 Å². The van der Waals surface area contributed by atoms with Crippen molar-refractivity contribution in [1.29, 1.82) is 0 Å². The Labute approximate surface area is 127 Å². The van der Waals surface area contributed by atoms with Crippen molar-refractivity contribution in [1.82, 2.24) is 15.0 Å². The molecule has 4 heteroatoms. The molecule has 0 spiro atoms. The van der Waals surface area contributed by atoms with E-state index in [9.17, 15) is 0 Å². The third kappa shape index (κ3) is 2.31. The van der Waals surface area contributed by atoms with Gasteiger partial charge in [-0.15, -0.1) is 0 Å². The third-order valence-corrected chi connectivity index (χ3v) is 3.56. The maximum absolute atomic E-state index is 4.45. The Morgan fingerprint density at radius 2 is 1.82 bits per heavy atom. The summed E-state index contributed by atoms with van der Waals surface area (Å²) < 4.78 is 0. The molecule has 0 unspecified atom stereocenters. The second-order valence-electron chi connectivity index (χ2n) is 5.04. The number of rotatable bonds is 3. The molecule has 0 saturated carbocycles. The lowest BCUT2D eigenvalue weighted by molar-refractivity contribution is 1.29. The van der Waals surface area contributed by atoms with Gasteiger partial charge in [0, 0.05) is 23.5 Å². The van der Waals surface area contributed by atoms with Crippen LogP contribution in [0.25, 0.3) is 22.2 Å². The van der Waals surface area contributed by atoms with Gasteiger partial charge in [0.2, 0.25) is 0 Å². The van der Waals surface area contributed by atoms with Gasteiger partial charge in [0.05, 0.1) is 17.4 Å². The normalized spacial score (nSPS) is 10.7. The molecule has 4 rings (SSSR count). The first-order chi connectivity index (χ1) is 10.9. The molecular formula is C18H14N4. The zero-order valence-electron chi connectivity index (χ0n) is 11.8. The van der Waals surface area contributed by atoms with Crippen LogP contribution < -0.4 is 5.32 Å². The van der Waals surface area contributed by atoms with E-state index in [2.05, 4.69) is 38.5 Å². The predicted molar refractivity (Wildman–Crippen MR) is 89.0 cm³/mol. The fourth-order valence-electron chi connectivity index (χ4n) is 2.50. The van der Waals surface area contributed by atoms with Gasteiger partial charge in [0.25, 0.3) is 0 Å². The van der Waals surface area contributed by atoms with Crippen LogP contribution in [0, 0.1) is 0 Å². The summed E-state index contributed by atoms with van der Waals surface area (Å²) in [6.45, 7) is 0. The number of pyridine rings is 2. The summed E-state index contributed by atoms with van der Waals surface area (Å²) in [5.74, 6) is 0.823. The van der Waals surface area contributed by atoms with Crippen LogP contribution in [-0.4, -0.2) is 15.0 Å². The number of aromatic nitrogens is 3. The summed E-state index contributed by atoms with van der Waals surface area (Å²) in [5.41, 5.74) is 4.22. The van der Waals surface area contributed by atoms with Gasteiger partial charge in [-0.1, -0.05) is 30.3 Å². The van der Waals surface area contributed by atoms with Crippen LogP contribution in [0.1, 0.15) is 0 Å². The highest BCUT2D eigenvalue weighted by atomic mass is 15.0. The minimum absolute atomic E-state index is 0.823. The van der Waals surface area contributed by atoms with Crippen LogP contribution in [-0.2, 0) is 0 Å². The van der Waals surface area contributed by atoms with E-state index in [0.717, 1.165) is 33.7 Å². The van der Waals surface area contributed by atoms with E-state index in [0.29, 0.717) is 0 Å². The number of benzene rings is 1. The smallest absolute Gasteiger partial charge is 0.139 e. The molecule has 22 heavy (non-hydrogen) atoms. The Bertz CT molecular complexity index is 898. The lowest BCUT2D eigenvalue weighted by Gasteiger charge is -2.05. The van der Waals surface area contributed by atoms with Gasteiger partial charge in [-0.05, 0) is 29.8 Å². The average Bonchev–Trinajstić information content (AvgIpc) is 3.02. The van der Waals surface area contributed by atoms with E-state index in [1.807, 2.05) is 36.4 Å². The molecule has 4 aromatic rings. The number of nitrogens with one attached hydrogen (secondary N) is 2. The second-order valence-corrected chi connectivity index (χ2v) is 5.04. The van der Waals surface area contributed by atoms with Crippen molar-refractivity contribution in [2.24, 2.45) is 0 Å². The Morgan fingerprint density at radius 1 is 0.909 bits per heavy atom. The van der Waals surface area contributed by atoms with E-state index in [1.54, 1.807) is 18.6 Å². The van der Waals surface area contributed by atoms with Gasteiger partial charge in [0.1, 0.15) is 5.82 Å². The van der Waals surface area contributed by atoms with Crippen LogP contribution in [0.4, 0.5) is 11.5 Å². The Hall–Kier alpha value is -3.14. The fourth-order valence-corrected chi connectivity index (χ4v) is 2.50. The molecule has 4 nitrogen and oxygen atoms in total. The number of fused-ring (bicyclic) bond motifs is 1.